The highest BCUT2D eigenvalue weighted by Gasteiger charge is 2.19. The SMILES string of the molecule is CC(CCN1CCOCC1)S(=O)(=O)O.Cl. The number of hydrogen-bond donors (Lipinski definition) is 1. The van der Waals surface area contributed by atoms with Gasteiger partial charge < -0.3 is 4.74 Å². The van der Waals surface area contributed by atoms with Crippen LogP contribution >= 0.6 is 12.4 Å². The van der Waals surface area contributed by atoms with E-state index in [0.717, 1.165) is 13.1 Å². The first kappa shape index (κ1) is 15.1. The molecular weight excluding hydrogens is 242 g/mol. The maximum atomic E-state index is 10.7. The van der Waals surface area contributed by atoms with Crippen molar-refractivity contribution >= 4 is 22.5 Å². The normalized spacial score (nSPS) is 20.7. The summed E-state index contributed by atoms with van der Waals surface area (Å²) in [6.45, 7) is 5.33. The molecule has 1 atom stereocenters. The fourth-order valence-corrected chi connectivity index (χ4v) is 1.74. The molecule has 15 heavy (non-hydrogen) atoms. The van der Waals surface area contributed by atoms with E-state index in [9.17, 15) is 8.42 Å². The third-order valence-corrected chi connectivity index (χ3v) is 3.72. The second kappa shape index (κ2) is 6.65. The van der Waals surface area contributed by atoms with Gasteiger partial charge in [-0.05, 0) is 19.9 Å². The minimum absolute atomic E-state index is 0. The van der Waals surface area contributed by atoms with Crippen LogP contribution in [0.4, 0.5) is 0 Å². The van der Waals surface area contributed by atoms with Gasteiger partial charge in [-0.25, -0.2) is 0 Å². The Morgan fingerprint density at radius 3 is 2.40 bits per heavy atom. The summed E-state index contributed by atoms with van der Waals surface area (Å²) in [5.41, 5.74) is 0. The summed E-state index contributed by atoms with van der Waals surface area (Å²) in [7, 11) is -3.86. The Morgan fingerprint density at radius 2 is 1.93 bits per heavy atom. The van der Waals surface area contributed by atoms with Crippen molar-refractivity contribution in [2.45, 2.75) is 18.6 Å². The molecule has 0 aliphatic carbocycles. The number of rotatable bonds is 4. The Labute approximate surface area is 96.9 Å². The predicted octanol–water partition coefficient (Wildman–Crippen LogP) is 0.407. The molecule has 7 heteroatoms. The quantitative estimate of drug-likeness (QED) is 0.741. The topological polar surface area (TPSA) is 66.8 Å². The van der Waals surface area contributed by atoms with Gasteiger partial charge in [0, 0.05) is 13.1 Å². The van der Waals surface area contributed by atoms with E-state index in [-0.39, 0.29) is 12.4 Å². The zero-order chi connectivity index (χ0) is 10.6. The van der Waals surface area contributed by atoms with Gasteiger partial charge in [-0.2, -0.15) is 8.42 Å². The Hall–Kier alpha value is 0.120. The molecule has 0 spiro atoms. The molecule has 1 aliphatic rings. The van der Waals surface area contributed by atoms with Crippen LogP contribution in [0.1, 0.15) is 13.3 Å². The van der Waals surface area contributed by atoms with E-state index < -0.39 is 15.4 Å². The Morgan fingerprint density at radius 1 is 1.40 bits per heavy atom. The number of nitrogens with zero attached hydrogens (tertiary/aromatic N) is 1. The van der Waals surface area contributed by atoms with Crippen molar-refractivity contribution in [3.05, 3.63) is 0 Å². The molecule has 0 radical (unpaired) electrons. The van der Waals surface area contributed by atoms with Gasteiger partial charge in [-0.15, -0.1) is 12.4 Å². The number of hydrogen-bond acceptors (Lipinski definition) is 4. The van der Waals surface area contributed by atoms with Gasteiger partial charge in [0.25, 0.3) is 10.1 Å². The highest BCUT2D eigenvalue weighted by molar-refractivity contribution is 7.86. The lowest BCUT2D eigenvalue weighted by Crippen LogP contribution is -2.38. The second-order valence-corrected chi connectivity index (χ2v) is 5.40. The zero-order valence-corrected chi connectivity index (χ0v) is 10.4. The van der Waals surface area contributed by atoms with Crippen LogP contribution in [-0.2, 0) is 14.9 Å². The lowest BCUT2D eigenvalue weighted by atomic mass is 10.3. The van der Waals surface area contributed by atoms with Crippen molar-refractivity contribution in [2.24, 2.45) is 0 Å². The lowest BCUT2D eigenvalue weighted by molar-refractivity contribution is 0.0374. The maximum Gasteiger partial charge on any atom is 0.267 e. The van der Waals surface area contributed by atoms with Crippen molar-refractivity contribution in [2.75, 3.05) is 32.8 Å². The van der Waals surface area contributed by atoms with Crippen molar-refractivity contribution in [1.29, 1.82) is 0 Å². The average molecular weight is 260 g/mol. The van der Waals surface area contributed by atoms with E-state index in [4.69, 9.17) is 9.29 Å². The van der Waals surface area contributed by atoms with E-state index in [1.54, 1.807) is 0 Å². The van der Waals surface area contributed by atoms with Gasteiger partial charge in [0.15, 0.2) is 0 Å². The molecule has 1 fully saturated rings. The molecule has 0 saturated carbocycles. The summed E-state index contributed by atoms with van der Waals surface area (Å²) in [5, 5.41) is -0.676. The summed E-state index contributed by atoms with van der Waals surface area (Å²) < 4.78 is 35.3. The van der Waals surface area contributed by atoms with E-state index in [1.807, 2.05) is 0 Å². The lowest BCUT2D eigenvalue weighted by Gasteiger charge is -2.27. The molecule has 0 aromatic rings. The van der Waals surface area contributed by atoms with Crippen LogP contribution in [0.5, 0.6) is 0 Å². The van der Waals surface area contributed by atoms with Crippen molar-refractivity contribution in [3.63, 3.8) is 0 Å². The van der Waals surface area contributed by atoms with Crippen molar-refractivity contribution in [1.82, 2.24) is 4.90 Å². The third kappa shape index (κ3) is 5.67. The monoisotopic (exact) mass is 259 g/mol. The number of ether oxygens (including phenoxy) is 1. The number of halogens is 1. The van der Waals surface area contributed by atoms with Gasteiger partial charge in [-0.1, -0.05) is 0 Å². The van der Waals surface area contributed by atoms with Gasteiger partial charge in [-0.3, -0.25) is 9.45 Å². The molecule has 92 valence electrons. The molecule has 0 bridgehead atoms. The predicted molar refractivity (Wildman–Crippen MR) is 60.1 cm³/mol. The van der Waals surface area contributed by atoms with Gasteiger partial charge in [0.05, 0.1) is 18.5 Å². The molecule has 0 aromatic heterocycles. The maximum absolute atomic E-state index is 10.7. The summed E-state index contributed by atoms with van der Waals surface area (Å²) in [4.78, 5) is 2.14. The van der Waals surface area contributed by atoms with E-state index in [0.29, 0.717) is 26.2 Å². The highest BCUT2D eigenvalue weighted by Crippen LogP contribution is 2.06. The smallest absolute Gasteiger partial charge is 0.267 e. The van der Waals surface area contributed by atoms with Crippen LogP contribution in [0.25, 0.3) is 0 Å². The fourth-order valence-electron chi connectivity index (χ4n) is 1.34. The van der Waals surface area contributed by atoms with Gasteiger partial charge in [0.1, 0.15) is 0 Å². The van der Waals surface area contributed by atoms with Gasteiger partial charge in [0.2, 0.25) is 0 Å². The van der Waals surface area contributed by atoms with Gasteiger partial charge >= 0.3 is 0 Å². The van der Waals surface area contributed by atoms with Crippen LogP contribution < -0.4 is 0 Å². The molecule has 5 nitrogen and oxygen atoms in total. The highest BCUT2D eigenvalue weighted by atomic mass is 35.5. The first-order valence-electron chi connectivity index (χ1n) is 4.76. The van der Waals surface area contributed by atoms with Crippen LogP contribution in [0.2, 0.25) is 0 Å². The first-order chi connectivity index (χ1) is 6.50. The molecule has 1 saturated heterocycles. The summed E-state index contributed by atoms with van der Waals surface area (Å²) in [5.74, 6) is 0. The molecule has 1 heterocycles. The first-order valence-corrected chi connectivity index (χ1v) is 6.27. The molecule has 1 unspecified atom stereocenters. The zero-order valence-electron chi connectivity index (χ0n) is 8.76. The summed E-state index contributed by atoms with van der Waals surface area (Å²) in [6.07, 6.45) is 0.471. The third-order valence-electron chi connectivity index (χ3n) is 2.46. The molecule has 0 aromatic carbocycles. The van der Waals surface area contributed by atoms with E-state index in [2.05, 4.69) is 4.90 Å². The number of morpholine rings is 1. The standard InChI is InChI=1S/C8H17NO4S.ClH/c1-8(14(10,11)12)2-3-9-4-6-13-7-5-9;/h8H,2-7H2,1H3,(H,10,11,12);1H. The minimum atomic E-state index is -3.86. The van der Waals surface area contributed by atoms with Crippen LogP contribution in [0, 0.1) is 0 Å². The van der Waals surface area contributed by atoms with E-state index >= 15 is 0 Å². The van der Waals surface area contributed by atoms with Crippen molar-refractivity contribution in [3.8, 4) is 0 Å². The van der Waals surface area contributed by atoms with Crippen LogP contribution in [0.3, 0.4) is 0 Å². The molecule has 1 N–H and O–H groups in total. The largest absolute Gasteiger partial charge is 0.379 e. The molecule has 1 aliphatic heterocycles. The minimum Gasteiger partial charge on any atom is -0.379 e. The summed E-state index contributed by atoms with van der Waals surface area (Å²) in [6, 6.07) is 0. The van der Waals surface area contributed by atoms with E-state index in [1.165, 1.54) is 6.92 Å². The Kier molecular flexibility index (Phi) is 6.70. The average Bonchev–Trinajstić information content (AvgIpc) is 2.14. The van der Waals surface area contributed by atoms with Crippen LogP contribution in [-0.4, -0.2) is 56.0 Å². The molecule has 1 rings (SSSR count). The van der Waals surface area contributed by atoms with Crippen molar-refractivity contribution < 1.29 is 17.7 Å². The van der Waals surface area contributed by atoms with Crippen LogP contribution in [0.15, 0.2) is 0 Å². The Balaban J connectivity index is 0.00000196. The Bertz CT molecular complexity index is 264. The fraction of sp³-hybridized carbons (Fsp3) is 1.00. The molecular formula is C8H18ClNO4S. The summed E-state index contributed by atoms with van der Waals surface area (Å²) >= 11 is 0. The molecule has 0 amide bonds. The second-order valence-electron chi connectivity index (χ2n) is 3.57.